The fourth-order valence-corrected chi connectivity index (χ4v) is 2.32. The maximum absolute atomic E-state index is 11.8. The predicted molar refractivity (Wildman–Crippen MR) is 60.5 cm³/mol. The number of H-pyrrole nitrogens is 1. The molecule has 0 amide bonds. The molecule has 84 valence electrons. The largest absolute Gasteiger partial charge is 0.508 e. The smallest absolute Gasteiger partial charge is 0.327 e. The number of hydrogen-bond donors (Lipinski definition) is 3. The van der Waals surface area contributed by atoms with Crippen molar-refractivity contribution in [3.05, 3.63) is 28.7 Å². The van der Waals surface area contributed by atoms with Crippen molar-refractivity contribution in [3.63, 3.8) is 0 Å². The summed E-state index contributed by atoms with van der Waals surface area (Å²) in [5.41, 5.74) is 1.39. The lowest BCUT2D eigenvalue weighted by atomic mass is 10.3. The van der Waals surface area contributed by atoms with Gasteiger partial charge in [0.05, 0.1) is 17.2 Å². The first-order valence-electron chi connectivity index (χ1n) is 5.42. The van der Waals surface area contributed by atoms with Crippen LogP contribution in [0.3, 0.4) is 0 Å². The van der Waals surface area contributed by atoms with Crippen molar-refractivity contribution >= 4 is 11.0 Å². The van der Waals surface area contributed by atoms with Gasteiger partial charge in [0.15, 0.2) is 0 Å². The third-order valence-electron chi connectivity index (χ3n) is 3.05. The normalized spacial score (nSPS) is 20.6. The highest BCUT2D eigenvalue weighted by atomic mass is 16.3. The van der Waals surface area contributed by atoms with Crippen LogP contribution >= 0.6 is 0 Å². The number of benzene rings is 1. The second-order valence-corrected chi connectivity index (χ2v) is 4.11. The van der Waals surface area contributed by atoms with E-state index in [2.05, 4.69) is 10.3 Å². The lowest BCUT2D eigenvalue weighted by molar-refractivity contribution is 0.468. The molecule has 1 atom stereocenters. The van der Waals surface area contributed by atoms with E-state index in [9.17, 15) is 9.90 Å². The van der Waals surface area contributed by atoms with E-state index in [0.29, 0.717) is 5.52 Å². The highest BCUT2D eigenvalue weighted by Crippen LogP contribution is 2.22. The van der Waals surface area contributed by atoms with Crippen LogP contribution in [0.25, 0.3) is 11.0 Å². The van der Waals surface area contributed by atoms with E-state index < -0.39 is 0 Å². The van der Waals surface area contributed by atoms with Gasteiger partial charge in [0.1, 0.15) is 5.75 Å². The number of phenols is 1. The summed E-state index contributed by atoms with van der Waals surface area (Å²) in [6.45, 7) is 0.946. The minimum Gasteiger partial charge on any atom is -0.508 e. The Labute approximate surface area is 91.7 Å². The third kappa shape index (κ3) is 1.32. The van der Waals surface area contributed by atoms with Gasteiger partial charge in [-0.25, -0.2) is 4.79 Å². The number of nitrogens with one attached hydrogen (secondary N) is 2. The summed E-state index contributed by atoms with van der Waals surface area (Å²) in [5.74, 6) is 0.167. The van der Waals surface area contributed by atoms with Crippen molar-refractivity contribution in [3.8, 4) is 5.75 Å². The molecule has 1 aromatic heterocycles. The molecule has 1 fully saturated rings. The maximum atomic E-state index is 11.8. The molecular formula is C11H13N3O2. The summed E-state index contributed by atoms with van der Waals surface area (Å²) >= 11 is 0. The van der Waals surface area contributed by atoms with Gasteiger partial charge >= 0.3 is 5.69 Å². The lowest BCUT2D eigenvalue weighted by Gasteiger charge is -2.11. The van der Waals surface area contributed by atoms with Crippen LogP contribution in [-0.4, -0.2) is 21.2 Å². The first-order valence-corrected chi connectivity index (χ1v) is 5.42. The molecule has 1 aliphatic rings. The summed E-state index contributed by atoms with van der Waals surface area (Å²) in [6, 6.07) is 4.94. The molecule has 0 spiro atoms. The van der Waals surface area contributed by atoms with Gasteiger partial charge in [-0.3, -0.25) is 9.88 Å². The molecule has 5 heteroatoms. The zero-order chi connectivity index (χ0) is 11.1. The molecule has 2 aromatic rings. The number of aromatic hydroxyl groups is 1. The average molecular weight is 219 g/mol. The van der Waals surface area contributed by atoms with Crippen LogP contribution < -0.4 is 11.0 Å². The van der Waals surface area contributed by atoms with Gasteiger partial charge in [0, 0.05) is 6.07 Å². The zero-order valence-electron chi connectivity index (χ0n) is 8.73. The Bertz CT molecular complexity index is 578. The average Bonchev–Trinajstić information content (AvgIpc) is 2.83. The quantitative estimate of drug-likeness (QED) is 0.668. The Morgan fingerprint density at radius 3 is 3.06 bits per heavy atom. The highest BCUT2D eigenvalue weighted by molar-refractivity contribution is 5.77. The van der Waals surface area contributed by atoms with E-state index in [0.717, 1.165) is 24.9 Å². The molecule has 5 nitrogen and oxygen atoms in total. The van der Waals surface area contributed by atoms with E-state index in [-0.39, 0.29) is 17.6 Å². The molecule has 1 saturated heterocycles. The van der Waals surface area contributed by atoms with Crippen LogP contribution in [-0.2, 0) is 0 Å². The molecular weight excluding hydrogens is 206 g/mol. The Morgan fingerprint density at radius 1 is 1.44 bits per heavy atom. The van der Waals surface area contributed by atoms with Crippen LogP contribution in [0.2, 0.25) is 0 Å². The molecule has 1 unspecified atom stereocenters. The molecule has 0 aliphatic carbocycles. The van der Waals surface area contributed by atoms with Gasteiger partial charge in [0.25, 0.3) is 0 Å². The molecule has 0 radical (unpaired) electrons. The SMILES string of the molecule is O=c1[nH]c2cc(O)ccc2n1C1CCCN1. The Hall–Kier alpha value is -1.75. The number of aromatic nitrogens is 2. The van der Waals surface area contributed by atoms with Crippen molar-refractivity contribution in [2.75, 3.05) is 6.54 Å². The van der Waals surface area contributed by atoms with Gasteiger partial charge in [0.2, 0.25) is 0 Å². The molecule has 0 bridgehead atoms. The van der Waals surface area contributed by atoms with Gasteiger partial charge in [-0.1, -0.05) is 0 Å². The Morgan fingerprint density at radius 2 is 2.31 bits per heavy atom. The van der Waals surface area contributed by atoms with Crippen LogP contribution in [0.5, 0.6) is 5.75 Å². The molecule has 16 heavy (non-hydrogen) atoms. The molecule has 0 saturated carbocycles. The minimum atomic E-state index is -0.125. The summed E-state index contributed by atoms with van der Waals surface area (Å²) in [7, 11) is 0. The molecule has 1 aliphatic heterocycles. The van der Waals surface area contributed by atoms with Crippen molar-refractivity contribution in [2.24, 2.45) is 0 Å². The second kappa shape index (κ2) is 3.38. The second-order valence-electron chi connectivity index (χ2n) is 4.11. The third-order valence-corrected chi connectivity index (χ3v) is 3.05. The van der Waals surface area contributed by atoms with Crippen LogP contribution in [0.1, 0.15) is 19.0 Å². The molecule has 1 aromatic carbocycles. The topological polar surface area (TPSA) is 70.0 Å². The number of fused-ring (bicyclic) bond motifs is 1. The number of hydrogen-bond acceptors (Lipinski definition) is 3. The summed E-state index contributed by atoms with van der Waals surface area (Å²) in [4.78, 5) is 14.6. The fraction of sp³-hybridized carbons (Fsp3) is 0.364. The van der Waals surface area contributed by atoms with Crippen LogP contribution in [0.15, 0.2) is 23.0 Å². The van der Waals surface area contributed by atoms with E-state index in [1.807, 2.05) is 0 Å². The van der Waals surface area contributed by atoms with E-state index in [1.165, 1.54) is 0 Å². The van der Waals surface area contributed by atoms with Crippen molar-refractivity contribution in [1.82, 2.24) is 14.9 Å². The number of nitrogens with zero attached hydrogens (tertiary/aromatic N) is 1. The van der Waals surface area contributed by atoms with Crippen LogP contribution in [0, 0.1) is 0 Å². The summed E-state index contributed by atoms with van der Waals surface area (Å²) in [6.07, 6.45) is 2.13. The van der Waals surface area contributed by atoms with Crippen molar-refractivity contribution in [2.45, 2.75) is 19.0 Å². The number of aromatic amines is 1. The lowest BCUT2D eigenvalue weighted by Crippen LogP contribution is -2.28. The first kappa shape index (κ1) is 9.47. The van der Waals surface area contributed by atoms with Crippen LogP contribution in [0.4, 0.5) is 0 Å². The maximum Gasteiger partial charge on any atom is 0.327 e. The molecule has 2 heterocycles. The number of rotatable bonds is 1. The van der Waals surface area contributed by atoms with E-state index in [1.54, 1.807) is 22.8 Å². The summed E-state index contributed by atoms with van der Waals surface area (Å²) < 4.78 is 1.72. The minimum absolute atomic E-state index is 0.0748. The Balaban J connectivity index is 2.23. The molecule has 3 N–H and O–H groups in total. The predicted octanol–water partition coefficient (Wildman–Crippen LogP) is 0.917. The van der Waals surface area contributed by atoms with E-state index in [4.69, 9.17) is 0 Å². The monoisotopic (exact) mass is 219 g/mol. The van der Waals surface area contributed by atoms with Crippen molar-refractivity contribution in [1.29, 1.82) is 0 Å². The zero-order valence-corrected chi connectivity index (χ0v) is 8.73. The van der Waals surface area contributed by atoms with Gasteiger partial charge in [-0.05, 0) is 31.5 Å². The first-order chi connectivity index (χ1) is 7.75. The Kier molecular flexibility index (Phi) is 2.00. The number of imidazole rings is 1. The standard InChI is InChI=1S/C11H13N3O2/c15-7-3-4-9-8(6-7)13-11(16)14(9)10-2-1-5-12-10/h3-4,6,10,12,15H,1-2,5H2,(H,13,16). The summed E-state index contributed by atoms with van der Waals surface area (Å²) in [5, 5.41) is 12.6. The van der Waals surface area contributed by atoms with Crippen molar-refractivity contribution < 1.29 is 5.11 Å². The van der Waals surface area contributed by atoms with Gasteiger partial charge in [-0.2, -0.15) is 0 Å². The molecule has 3 rings (SSSR count). The fourth-order valence-electron chi connectivity index (χ4n) is 2.32. The number of phenolic OH excluding ortho intramolecular Hbond substituents is 1. The highest BCUT2D eigenvalue weighted by Gasteiger charge is 2.20. The van der Waals surface area contributed by atoms with E-state index >= 15 is 0 Å². The van der Waals surface area contributed by atoms with Gasteiger partial charge < -0.3 is 10.1 Å². The van der Waals surface area contributed by atoms with Gasteiger partial charge in [-0.15, -0.1) is 0 Å².